The molecule has 22 heavy (non-hydrogen) atoms. The summed E-state index contributed by atoms with van der Waals surface area (Å²) in [6.07, 6.45) is 4.34. The van der Waals surface area contributed by atoms with E-state index in [1.54, 1.807) is 19.1 Å². The van der Waals surface area contributed by atoms with Crippen LogP contribution in [0.4, 0.5) is 0 Å². The SMILES string of the molecule is Cc1c(C(=O)O)oc2ccc3c(c12)C(=O)CC1(CCCC1)O3. The number of benzene rings is 1. The number of fused-ring (bicyclic) bond motifs is 3. The van der Waals surface area contributed by atoms with E-state index in [1.807, 2.05) is 0 Å². The molecule has 1 aromatic heterocycles. The third-order valence-corrected chi connectivity index (χ3v) is 4.85. The van der Waals surface area contributed by atoms with Crippen molar-refractivity contribution in [2.45, 2.75) is 44.6 Å². The molecule has 1 saturated carbocycles. The number of carbonyl (C=O) groups excluding carboxylic acids is 1. The molecule has 5 heteroatoms. The highest BCUT2D eigenvalue weighted by atomic mass is 16.5. The van der Waals surface area contributed by atoms with E-state index in [-0.39, 0.29) is 17.1 Å². The highest BCUT2D eigenvalue weighted by molar-refractivity contribution is 6.13. The van der Waals surface area contributed by atoms with Crippen molar-refractivity contribution in [2.24, 2.45) is 0 Å². The molecule has 1 aliphatic heterocycles. The molecule has 5 nitrogen and oxygen atoms in total. The van der Waals surface area contributed by atoms with Gasteiger partial charge >= 0.3 is 5.97 Å². The summed E-state index contributed by atoms with van der Waals surface area (Å²) in [5, 5.41) is 9.77. The van der Waals surface area contributed by atoms with Crippen LogP contribution in [0.15, 0.2) is 16.5 Å². The van der Waals surface area contributed by atoms with E-state index in [0.29, 0.717) is 34.3 Å². The summed E-state index contributed by atoms with van der Waals surface area (Å²) in [6, 6.07) is 3.41. The van der Waals surface area contributed by atoms with E-state index < -0.39 is 5.97 Å². The summed E-state index contributed by atoms with van der Waals surface area (Å²) in [6.45, 7) is 1.67. The van der Waals surface area contributed by atoms with E-state index in [9.17, 15) is 14.7 Å². The smallest absolute Gasteiger partial charge is 0.372 e. The molecule has 1 fully saturated rings. The van der Waals surface area contributed by atoms with Crippen molar-refractivity contribution in [1.82, 2.24) is 0 Å². The average molecular weight is 300 g/mol. The van der Waals surface area contributed by atoms with Gasteiger partial charge in [0.2, 0.25) is 5.76 Å². The molecule has 0 atom stereocenters. The number of Topliss-reactive ketones (excluding diaryl/α,β-unsaturated/α-hetero) is 1. The van der Waals surface area contributed by atoms with Crippen molar-refractivity contribution in [3.8, 4) is 5.75 Å². The second-order valence-corrected chi connectivity index (χ2v) is 6.27. The Kier molecular flexibility index (Phi) is 2.64. The van der Waals surface area contributed by atoms with Gasteiger partial charge in [-0.2, -0.15) is 0 Å². The van der Waals surface area contributed by atoms with Crippen LogP contribution in [0.5, 0.6) is 5.75 Å². The lowest BCUT2D eigenvalue weighted by Crippen LogP contribution is -2.39. The van der Waals surface area contributed by atoms with Gasteiger partial charge in [-0.05, 0) is 44.7 Å². The maximum Gasteiger partial charge on any atom is 0.372 e. The number of ketones is 1. The molecule has 2 aliphatic rings. The normalized spacial score (nSPS) is 19.4. The Morgan fingerprint density at radius 2 is 2.00 bits per heavy atom. The molecule has 2 heterocycles. The van der Waals surface area contributed by atoms with Crippen LogP contribution in [-0.2, 0) is 0 Å². The zero-order valence-electron chi connectivity index (χ0n) is 12.3. The summed E-state index contributed by atoms with van der Waals surface area (Å²) in [4.78, 5) is 24.0. The highest BCUT2D eigenvalue weighted by Gasteiger charge is 2.43. The fourth-order valence-corrected chi connectivity index (χ4v) is 3.84. The molecular weight excluding hydrogens is 284 g/mol. The number of aromatic carboxylic acids is 1. The number of aryl methyl sites for hydroxylation is 1. The van der Waals surface area contributed by atoms with E-state index >= 15 is 0 Å². The number of carbonyl (C=O) groups is 2. The molecule has 1 spiro atoms. The minimum absolute atomic E-state index is 0.0228. The summed E-state index contributed by atoms with van der Waals surface area (Å²) in [5.74, 6) is -0.655. The number of hydrogen-bond donors (Lipinski definition) is 1. The van der Waals surface area contributed by atoms with Gasteiger partial charge in [0.25, 0.3) is 0 Å². The number of carboxylic acid groups (broad SMARTS) is 1. The van der Waals surface area contributed by atoms with Crippen LogP contribution in [0, 0.1) is 6.92 Å². The van der Waals surface area contributed by atoms with Gasteiger partial charge in [0.15, 0.2) is 5.78 Å². The molecule has 4 rings (SSSR count). The predicted molar refractivity (Wildman–Crippen MR) is 78.7 cm³/mol. The molecule has 0 unspecified atom stereocenters. The third-order valence-electron chi connectivity index (χ3n) is 4.85. The zero-order valence-corrected chi connectivity index (χ0v) is 12.3. The number of carboxylic acids is 1. The summed E-state index contributed by atoms with van der Waals surface area (Å²) in [5.41, 5.74) is 1.03. The Labute approximate surface area is 126 Å². The topological polar surface area (TPSA) is 76.7 Å². The first-order chi connectivity index (χ1) is 10.5. The van der Waals surface area contributed by atoms with E-state index in [4.69, 9.17) is 9.15 Å². The van der Waals surface area contributed by atoms with Gasteiger partial charge in [-0.3, -0.25) is 4.79 Å². The molecular formula is C17H16O5. The largest absolute Gasteiger partial charge is 0.486 e. The van der Waals surface area contributed by atoms with Crippen LogP contribution in [0.3, 0.4) is 0 Å². The van der Waals surface area contributed by atoms with Crippen LogP contribution in [0.2, 0.25) is 0 Å². The fourth-order valence-electron chi connectivity index (χ4n) is 3.84. The highest BCUT2D eigenvalue weighted by Crippen LogP contribution is 2.46. The summed E-state index contributed by atoms with van der Waals surface area (Å²) >= 11 is 0. The Bertz CT molecular complexity index is 808. The Hall–Kier alpha value is -2.30. The lowest BCUT2D eigenvalue weighted by molar-refractivity contribution is 0.0454. The average Bonchev–Trinajstić information content (AvgIpc) is 3.04. The molecule has 0 amide bonds. The summed E-state index contributed by atoms with van der Waals surface area (Å²) in [7, 11) is 0. The molecule has 1 N–H and O–H groups in total. The van der Waals surface area contributed by atoms with Crippen molar-refractivity contribution in [2.75, 3.05) is 0 Å². The predicted octanol–water partition coefficient (Wildman–Crippen LogP) is 3.72. The van der Waals surface area contributed by atoms with E-state index in [2.05, 4.69) is 0 Å². The van der Waals surface area contributed by atoms with Gasteiger partial charge in [0, 0.05) is 10.9 Å². The van der Waals surface area contributed by atoms with Crippen LogP contribution in [0.1, 0.15) is 58.6 Å². The Balaban J connectivity index is 1.94. The fraction of sp³-hybridized carbons (Fsp3) is 0.412. The van der Waals surface area contributed by atoms with Gasteiger partial charge in [0.05, 0.1) is 12.0 Å². The molecule has 114 valence electrons. The van der Waals surface area contributed by atoms with Gasteiger partial charge in [0.1, 0.15) is 16.9 Å². The standard InChI is InChI=1S/C17H16O5/c1-9-13-11(21-15(9)16(19)20)4-5-12-14(13)10(18)8-17(22-12)6-2-3-7-17/h4-5H,2-3,6-8H2,1H3,(H,19,20). The first-order valence-corrected chi connectivity index (χ1v) is 7.52. The van der Waals surface area contributed by atoms with E-state index in [1.165, 1.54) is 0 Å². The number of ether oxygens (including phenoxy) is 1. The lowest BCUT2D eigenvalue weighted by atomic mass is 9.87. The van der Waals surface area contributed by atoms with Crippen molar-refractivity contribution in [1.29, 1.82) is 0 Å². The molecule has 2 aromatic rings. The van der Waals surface area contributed by atoms with Crippen molar-refractivity contribution >= 4 is 22.7 Å². The van der Waals surface area contributed by atoms with Crippen molar-refractivity contribution in [3.05, 3.63) is 29.0 Å². The quantitative estimate of drug-likeness (QED) is 0.868. The molecule has 0 saturated heterocycles. The minimum Gasteiger partial charge on any atom is -0.486 e. The first kappa shape index (κ1) is 13.4. The zero-order chi connectivity index (χ0) is 15.5. The van der Waals surface area contributed by atoms with Gasteiger partial charge < -0.3 is 14.3 Å². The Morgan fingerprint density at radius 3 is 2.68 bits per heavy atom. The second kappa shape index (κ2) is 4.35. The van der Waals surface area contributed by atoms with Crippen molar-refractivity contribution < 1.29 is 23.8 Å². The van der Waals surface area contributed by atoms with Gasteiger partial charge in [-0.25, -0.2) is 4.79 Å². The molecule has 0 radical (unpaired) electrons. The van der Waals surface area contributed by atoms with Crippen LogP contribution < -0.4 is 4.74 Å². The lowest BCUT2D eigenvalue weighted by Gasteiger charge is -2.34. The third kappa shape index (κ3) is 1.71. The van der Waals surface area contributed by atoms with Crippen LogP contribution in [-0.4, -0.2) is 22.5 Å². The number of furan rings is 1. The van der Waals surface area contributed by atoms with Crippen LogP contribution in [0.25, 0.3) is 11.0 Å². The maximum atomic E-state index is 12.7. The minimum atomic E-state index is -1.13. The Morgan fingerprint density at radius 1 is 1.27 bits per heavy atom. The van der Waals surface area contributed by atoms with Crippen molar-refractivity contribution in [3.63, 3.8) is 0 Å². The van der Waals surface area contributed by atoms with Gasteiger partial charge in [-0.15, -0.1) is 0 Å². The number of hydrogen-bond acceptors (Lipinski definition) is 4. The molecule has 1 aromatic carbocycles. The van der Waals surface area contributed by atoms with Gasteiger partial charge in [-0.1, -0.05) is 0 Å². The summed E-state index contributed by atoms with van der Waals surface area (Å²) < 4.78 is 11.6. The monoisotopic (exact) mass is 300 g/mol. The maximum absolute atomic E-state index is 12.7. The second-order valence-electron chi connectivity index (χ2n) is 6.27. The first-order valence-electron chi connectivity index (χ1n) is 7.52. The van der Waals surface area contributed by atoms with Crippen LogP contribution >= 0.6 is 0 Å². The molecule has 0 bridgehead atoms. The molecule has 1 aliphatic carbocycles. The van der Waals surface area contributed by atoms with E-state index in [0.717, 1.165) is 25.7 Å². The number of rotatable bonds is 1.